The van der Waals surface area contributed by atoms with Crippen LogP contribution in [0.1, 0.15) is 24.0 Å². The largest absolute Gasteiger partial charge is 0.381 e. The highest BCUT2D eigenvalue weighted by molar-refractivity contribution is 7.89. The highest BCUT2D eigenvalue weighted by Gasteiger charge is 2.26. The molecule has 1 aromatic rings. The van der Waals surface area contributed by atoms with Crippen molar-refractivity contribution in [1.82, 2.24) is 4.31 Å². The predicted octanol–water partition coefficient (Wildman–Crippen LogP) is 1.50. The molecule has 6 heteroatoms. The standard InChI is InChI=1S/C15H24N2O3S/c1-12-9-14(10-16)3-4-15(12)21(18,19)17(2)11-13-5-7-20-8-6-13/h3-4,9,13H,5-8,10-11,16H2,1-2H3. The lowest BCUT2D eigenvalue weighted by atomic mass is 10.0. The minimum Gasteiger partial charge on any atom is -0.381 e. The summed E-state index contributed by atoms with van der Waals surface area (Å²) in [6.45, 7) is 4.22. The maximum Gasteiger partial charge on any atom is 0.243 e. The van der Waals surface area contributed by atoms with Gasteiger partial charge in [0.15, 0.2) is 0 Å². The molecule has 1 aromatic carbocycles. The number of rotatable bonds is 5. The van der Waals surface area contributed by atoms with Crippen molar-refractivity contribution in [2.24, 2.45) is 11.7 Å². The normalized spacial score (nSPS) is 17.3. The number of sulfonamides is 1. The number of nitrogens with two attached hydrogens (primary N) is 1. The van der Waals surface area contributed by atoms with Gasteiger partial charge in [0, 0.05) is 33.4 Å². The minimum absolute atomic E-state index is 0.370. The van der Waals surface area contributed by atoms with Gasteiger partial charge in [0.1, 0.15) is 0 Å². The molecule has 2 N–H and O–H groups in total. The SMILES string of the molecule is Cc1cc(CN)ccc1S(=O)(=O)N(C)CC1CCOCC1. The Bertz CT molecular complexity index is 581. The molecule has 0 amide bonds. The fourth-order valence-corrected chi connectivity index (χ4v) is 4.14. The molecule has 21 heavy (non-hydrogen) atoms. The molecule has 0 spiro atoms. The van der Waals surface area contributed by atoms with Crippen molar-refractivity contribution in [3.63, 3.8) is 0 Å². The molecule has 0 atom stereocenters. The summed E-state index contributed by atoms with van der Waals surface area (Å²) in [6, 6.07) is 5.28. The molecule has 0 radical (unpaired) electrons. The molecule has 2 rings (SSSR count). The third-order valence-corrected chi connectivity index (χ3v) is 6.00. The van der Waals surface area contributed by atoms with E-state index in [0.29, 0.717) is 23.9 Å². The Balaban J connectivity index is 2.16. The van der Waals surface area contributed by atoms with E-state index < -0.39 is 10.0 Å². The van der Waals surface area contributed by atoms with Gasteiger partial charge in [-0.3, -0.25) is 0 Å². The van der Waals surface area contributed by atoms with Crippen molar-refractivity contribution >= 4 is 10.0 Å². The Morgan fingerprint density at radius 3 is 2.57 bits per heavy atom. The van der Waals surface area contributed by atoms with E-state index >= 15 is 0 Å². The molecular weight excluding hydrogens is 288 g/mol. The molecule has 0 bridgehead atoms. The third kappa shape index (κ3) is 3.83. The summed E-state index contributed by atoms with van der Waals surface area (Å²) >= 11 is 0. The van der Waals surface area contributed by atoms with E-state index in [1.54, 1.807) is 19.2 Å². The van der Waals surface area contributed by atoms with Crippen LogP contribution in [0.4, 0.5) is 0 Å². The van der Waals surface area contributed by atoms with Crippen LogP contribution in [0.5, 0.6) is 0 Å². The molecule has 118 valence electrons. The molecular formula is C15H24N2O3S. The molecule has 1 heterocycles. The average molecular weight is 312 g/mol. The van der Waals surface area contributed by atoms with E-state index in [0.717, 1.165) is 37.2 Å². The second-order valence-electron chi connectivity index (χ2n) is 5.65. The third-order valence-electron chi connectivity index (χ3n) is 4.02. The second kappa shape index (κ2) is 6.87. The smallest absolute Gasteiger partial charge is 0.243 e. The van der Waals surface area contributed by atoms with Gasteiger partial charge in [-0.1, -0.05) is 12.1 Å². The fraction of sp³-hybridized carbons (Fsp3) is 0.600. The quantitative estimate of drug-likeness (QED) is 0.894. The second-order valence-corrected chi connectivity index (χ2v) is 7.66. The van der Waals surface area contributed by atoms with E-state index in [-0.39, 0.29) is 0 Å². The number of hydrogen-bond donors (Lipinski definition) is 1. The van der Waals surface area contributed by atoms with Gasteiger partial charge in [-0.15, -0.1) is 0 Å². The molecule has 1 aliphatic heterocycles. The Labute approximate surface area is 127 Å². The van der Waals surface area contributed by atoms with Crippen molar-refractivity contribution < 1.29 is 13.2 Å². The number of nitrogens with zero attached hydrogens (tertiary/aromatic N) is 1. The van der Waals surface area contributed by atoms with Gasteiger partial charge in [0.2, 0.25) is 10.0 Å². The van der Waals surface area contributed by atoms with Gasteiger partial charge < -0.3 is 10.5 Å². The molecule has 0 saturated carbocycles. The number of aryl methyl sites for hydroxylation is 1. The van der Waals surface area contributed by atoms with Crippen molar-refractivity contribution in [2.45, 2.75) is 31.2 Å². The molecule has 5 nitrogen and oxygen atoms in total. The van der Waals surface area contributed by atoms with Crippen LogP contribution in [0.2, 0.25) is 0 Å². The van der Waals surface area contributed by atoms with Gasteiger partial charge >= 0.3 is 0 Å². The summed E-state index contributed by atoms with van der Waals surface area (Å²) in [7, 11) is -1.79. The van der Waals surface area contributed by atoms with Crippen LogP contribution in [0, 0.1) is 12.8 Å². The summed E-state index contributed by atoms with van der Waals surface area (Å²) in [4.78, 5) is 0.370. The van der Waals surface area contributed by atoms with Gasteiger partial charge in [-0.2, -0.15) is 0 Å². The summed E-state index contributed by atoms with van der Waals surface area (Å²) < 4.78 is 32.2. The Hall–Kier alpha value is -0.950. The molecule has 1 saturated heterocycles. The Morgan fingerprint density at radius 1 is 1.33 bits per heavy atom. The van der Waals surface area contributed by atoms with Crippen LogP contribution >= 0.6 is 0 Å². The number of hydrogen-bond acceptors (Lipinski definition) is 4. The van der Waals surface area contributed by atoms with Crippen LogP contribution in [0.3, 0.4) is 0 Å². The van der Waals surface area contributed by atoms with Crippen molar-refractivity contribution in [3.8, 4) is 0 Å². The highest BCUT2D eigenvalue weighted by atomic mass is 32.2. The highest BCUT2D eigenvalue weighted by Crippen LogP contribution is 2.23. The van der Waals surface area contributed by atoms with E-state index in [9.17, 15) is 8.42 Å². The van der Waals surface area contributed by atoms with Crippen LogP contribution in [0.25, 0.3) is 0 Å². The average Bonchev–Trinajstić information content (AvgIpc) is 2.47. The van der Waals surface area contributed by atoms with Crippen molar-refractivity contribution in [2.75, 3.05) is 26.8 Å². The van der Waals surface area contributed by atoms with Crippen molar-refractivity contribution in [1.29, 1.82) is 0 Å². The Kier molecular flexibility index (Phi) is 5.37. The number of benzene rings is 1. The van der Waals surface area contributed by atoms with Gasteiger partial charge in [0.05, 0.1) is 4.90 Å². The monoisotopic (exact) mass is 312 g/mol. The lowest BCUT2D eigenvalue weighted by Gasteiger charge is -2.27. The first-order chi connectivity index (χ1) is 9.95. The maximum atomic E-state index is 12.7. The van der Waals surface area contributed by atoms with Crippen LogP contribution in [-0.4, -0.2) is 39.5 Å². The van der Waals surface area contributed by atoms with E-state index in [4.69, 9.17) is 10.5 Å². The summed E-state index contributed by atoms with van der Waals surface area (Å²) in [6.07, 6.45) is 1.84. The molecule has 0 aromatic heterocycles. The van der Waals surface area contributed by atoms with Crippen molar-refractivity contribution in [3.05, 3.63) is 29.3 Å². The number of ether oxygens (including phenoxy) is 1. The molecule has 1 aliphatic rings. The van der Waals surface area contributed by atoms with Crippen LogP contribution < -0.4 is 5.73 Å². The van der Waals surface area contributed by atoms with Crippen LogP contribution in [0.15, 0.2) is 23.1 Å². The fourth-order valence-electron chi connectivity index (χ4n) is 2.69. The lowest BCUT2D eigenvalue weighted by molar-refractivity contribution is 0.0620. The predicted molar refractivity (Wildman–Crippen MR) is 82.4 cm³/mol. The summed E-state index contributed by atoms with van der Waals surface area (Å²) in [5.41, 5.74) is 7.28. The molecule has 0 unspecified atom stereocenters. The zero-order chi connectivity index (χ0) is 15.5. The molecule has 1 fully saturated rings. The minimum atomic E-state index is -3.44. The zero-order valence-electron chi connectivity index (χ0n) is 12.7. The summed E-state index contributed by atoms with van der Waals surface area (Å²) in [5.74, 6) is 0.377. The van der Waals surface area contributed by atoms with Gasteiger partial charge in [-0.25, -0.2) is 12.7 Å². The first-order valence-corrected chi connectivity index (χ1v) is 8.73. The van der Waals surface area contributed by atoms with Gasteiger partial charge in [-0.05, 0) is 42.9 Å². The van der Waals surface area contributed by atoms with E-state index in [1.807, 2.05) is 13.0 Å². The first-order valence-electron chi connectivity index (χ1n) is 7.29. The zero-order valence-corrected chi connectivity index (χ0v) is 13.5. The summed E-state index contributed by atoms with van der Waals surface area (Å²) in [5, 5.41) is 0. The first kappa shape index (κ1) is 16.4. The molecule has 0 aliphatic carbocycles. The van der Waals surface area contributed by atoms with Crippen LogP contribution in [-0.2, 0) is 21.3 Å². The lowest BCUT2D eigenvalue weighted by Crippen LogP contribution is -2.34. The maximum absolute atomic E-state index is 12.7. The van der Waals surface area contributed by atoms with E-state index in [1.165, 1.54) is 4.31 Å². The van der Waals surface area contributed by atoms with E-state index in [2.05, 4.69) is 0 Å². The topological polar surface area (TPSA) is 72.6 Å². The Morgan fingerprint density at radius 2 is 2.00 bits per heavy atom. The van der Waals surface area contributed by atoms with Gasteiger partial charge in [0.25, 0.3) is 0 Å².